The van der Waals surface area contributed by atoms with E-state index in [0.29, 0.717) is 16.8 Å². The van der Waals surface area contributed by atoms with Crippen LogP contribution in [0.2, 0.25) is 0 Å². The molecule has 5 nitrogen and oxygen atoms in total. The SMILES string of the molecule is COC(=O)CNCc1cc(Br)c(O)c(OC)c1. The molecule has 0 aliphatic rings. The molecule has 0 saturated heterocycles. The van der Waals surface area contributed by atoms with Gasteiger partial charge in [-0.1, -0.05) is 0 Å². The highest BCUT2D eigenvalue weighted by Crippen LogP contribution is 2.35. The molecule has 17 heavy (non-hydrogen) atoms. The Hall–Kier alpha value is -1.27. The van der Waals surface area contributed by atoms with Crippen molar-refractivity contribution in [2.75, 3.05) is 20.8 Å². The van der Waals surface area contributed by atoms with Crippen LogP contribution in [0.5, 0.6) is 11.5 Å². The normalized spacial score (nSPS) is 10.1. The number of hydrogen-bond donors (Lipinski definition) is 2. The number of esters is 1. The van der Waals surface area contributed by atoms with Gasteiger partial charge in [0.15, 0.2) is 11.5 Å². The van der Waals surface area contributed by atoms with Gasteiger partial charge in [-0.15, -0.1) is 0 Å². The average Bonchev–Trinajstić information content (AvgIpc) is 2.33. The largest absolute Gasteiger partial charge is 0.503 e. The molecular weight excluding hydrogens is 290 g/mol. The highest BCUT2D eigenvalue weighted by atomic mass is 79.9. The molecular formula is C11H14BrNO4. The van der Waals surface area contributed by atoms with Crippen molar-refractivity contribution in [1.29, 1.82) is 0 Å². The maximum absolute atomic E-state index is 10.9. The van der Waals surface area contributed by atoms with Crippen molar-refractivity contribution in [3.63, 3.8) is 0 Å². The predicted molar refractivity (Wildman–Crippen MR) is 66.1 cm³/mol. The van der Waals surface area contributed by atoms with Gasteiger partial charge in [-0.2, -0.15) is 0 Å². The summed E-state index contributed by atoms with van der Waals surface area (Å²) < 4.78 is 10.1. The van der Waals surface area contributed by atoms with Crippen molar-refractivity contribution in [3.05, 3.63) is 22.2 Å². The zero-order valence-corrected chi connectivity index (χ0v) is 11.2. The van der Waals surface area contributed by atoms with Gasteiger partial charge in [0, 0.05) is 6.54 Å². The minimum Gasteiger partial charge on any atom is -0.503 e. The van der Waals surface area contributed by atoms with Crippen LogP contribution in [-0.2, 0) is 16.1 Å². The molecule has 94 valence electrons. The number of rotatable bonds is 5. The van der Waals surface area contributed by atoms with Crippen LogP contribution >= 0.6 is 15.9 Å². The van der Waals surface area contributed by atoms with E-state index in [1.807, 2.05) is 0 Å². The molecule has 0 bridgehead atoms. The maximum Gasteiger partial charge on any atom is 0.319 e. The lowest BCUT2D eigenvalue weighted by atomic mass is 10.2. The van der Waals surface area contributed by atoms with E-state index in [1.54, 1.807) is 12.1 Å². The summed E-state index contributed by atoms with van der Waals surface area (Å²) in [6.07, 6.45) is 0. The second kappa shape index (κ2) is 6.46. The Kier molecular flexibility index (Phi) is 5.24. The fourth-order valence-electron chi connectivity index (χ4n) is 1.27. The molecule has 0 radical (unpaired) electrons. The number of phenolic OH excluding ortho intramolecular Hbond substituents is 1. The van der Waals surface area contributed by atoms with Crippen molar-refractivity contribution < 1.29 is 19.4 Å². The summed E-state index contributed by atoms with van der Waals surface area (Å²) in [5, 5.41) is 12.5. The van der Waals surface area contributed by atoms with E-state index >= 15 is 0 Å². The highest BCUT2D eigenvalue weighted by molar-refractivity contribution is 9.10. The highest BCUT2D eigenvalue weighted by Gasteiger charge is 2.08. The lowest BCUT2D eigenvalue weighted by Gasteiger charge is -2.09. The van der Waals surface area contributed by atoms with Gasteiger partial charge < -0.3 is 19.9 Å². The summed E-state index contributed by atoms with van der Waals surface area (Å²) in [5.41, 5.74) is 0.885. The molecule has 0 heterocycles. The molecule has 1 rings (SSSR count). The summed E-state index contributed by atoms with van der Waals surface area (Å²) in [4.78, 5) is 10.9. The van der Waals surface area contributed by atoms with E-state index in [-0.39, 0.29) is 18.3 Å². The predicted octanol–water partition coefficient (Wildman–Crippen LogP) is 1.43. The van der Waals surface area contributed by atoms with Gasteiger partial charge in [0.05, 0.1) is 25.2 Å². The molecule has 0 amide bonds. The first-order valence-corrected chi connectivity index (χ1v) is 5.70. The molecule has 1 aromatic rings. The number of benzene rings is 1. The Morgan fingerprint density at radius 2 is 2.18 bits per heavy atom. The molecule has 1 aromatic carbocycles. The van der Waals surface area contributed by atoms with Crippen molar-refractivity contribution in [3.8, 4) is 11.5 Å². The van der Waals surface area contributed by atoms with Crippen molar-refractivity contribution in [1.82, 2.24) is 5.32 Å². The quantitative estimate of drug-likeness (QED) is 0.806. The van der Waals surface area contributed by atoms with Crippen LogP contribution in [-0.4, -0.2) is 31.8 Å². The topological polar surface area (TPSA) is 67.8 Å². The Bertz CT molecular complexity index is 409. The Morgan fingerprint density at radius 3 is 2.76 bits per heavy atom. The number of halogens is 1. The monoisotopic (exact) mass is 303 g/mol. The third kappa shape index (κ3) is 3.90. The Labute approximate surface area is 108 Å². The summed E-state index contributed by atoms with van der Waals surface area (Å²) >= 11 is 3.22. The Morgan fingerprint density at radius 1 is 1.47 bits per heavy atom. The number of carbonyl (C=O) groups is 1. The molecule has 2 N–H and O–H groups in total. The molecule has 0 atom stereocenters. The second-order valence-electron chi connectivity index (χ2n) is 3.31. The van der Waals surface area contributed by atoms with Crippen molar-refractivity contribution in [2.45, 2.75) is 6.54 Å². The van der Waals surface area contributed by atoms with Crippen molar-refractivity contribution >= 4 is 21.9 Å². The summed E-state index contributed by atoms with van der Waals surface area (Å²) in [6, 6.07) is 3.45. The minimum absolute atomic E-state index is 0.0595. The van der Waals surface area contributed by atoms with Gasteiger partial charge >= 0.3 is 5.97 Å². The molecule has 0 saturated carbocycles. The van der Waals surface area contributed by atoms with Crippen molar-refractivity contribution in [2.24, 2.45) is 0 Å². The van der Waals surface area contributed by atoms with E-state index in [9.17, 15) is 9.90 Å². The maximum atomic E-state index is 10.9. The van der Waals surface area contributed by atoms with Crippen LogP contribution in [0.4, 0.5) is 0 Å². The van der Waals surface area contributed by atoms with E-state index in [1.165, 1.54) is 14.2 Å². The van der Waals surface area contributed by atoms with Gasteiger partial charge in [-0.25, -0.2) is 0 Å². The van der Waals surface area contributed by atoms with Gasteiger partial charge in [0.1, 0.15) is 0 Å². The number of hydrogen-bond acceptors (Lipinski definition) is 5. The van der Waals surface area contributed by atoms with Crippen LogP contribution in [0.1, 0.15) is 5.56 Å². The molecule has 0 aromatic heterocycles. The molecule has 0 fully saturated rings. The van der Waals surface area contributed by atoms with E-state index in [2.05, 4.69) is 26.0 Å². The minimum atomic E-state index is -0.324. The van der Waals surface area contributed by atoms with Crippen LogP contribution < -0.4 is 10.1 Å². The fraction of sp³-hybridized carbons (Fsp3) is 0.364. The standard InChI is InChI=1S/C11H14BrNO4/c1-16-9-4-7(3-8(12)11(9)15)5-13-6-10(14)17-2/h3-4,13,15H,5-6H2,1-2H3. The van der Waals surface area contributed by atoms with Crippen LogP contribution in [0.25, 0.3) is 0 Å². The lowest BCUT2D eigenvalue weighted by molar-refractivity contribution is -0.139. The summed E-state index contributed by atoms with van der Waals surface area (Å²) in [6.45, 7) is 0.613. The van der Waals surface area contributed by atoms with Gasteiger partial charge in [-0.3, -0.25) is 4.79 Å². The number of methoxy groups -OCH3 is 2. The molecule has 0 aliphatic heterocycles. The molecule has 0 unspecified atom stereocenters. The zero-order chi connectivity index (χ0) is 12.8. The first-order chi connectivity index (χ1) is 8.08. The van der Waals surface area contributed by atoms with Gasteiger partial charge in [0.25, 0.3) is 0 Å². The number of carbonyl (C=O) groups excluding carboxylic acids is 1. The first-order valence-electron chi connectivity index (χ1n) is 4.91. The third-order valence-corrected chi connectivity index (χ3v) is 2.74. The smallest absolute Gasteiger partial charge is 0.319 e. The van der Waals surface area contributed by atoms with E-state index in [0.717, 1.165) is 5.56 Å². The zero-order valence-electron chi connectivity index (χ0n) is 9.62. The molecule has 0 spiro atoms. The fourth-order valence-corrected chi connectivity index (χ4v) is 1.76. The summed E-state index contributed by atoms with van der Waals surface area (Å²) in [7, 11) is 2.82. The number of phenols is 1. The van der Waals surface area contributed by atoms with Crippen LogP contribution in [0, 0.1) is 0 Å². The lowest BCUT2D eigenvalue weighted by Crippen LogP contribution is -2.23. The third-order valence-electron chi connectivity index (χ3n) is 2.13. The average molecular weight is 304 g/mol. The summed E-state index contributed by atoms with van der Waals surface area (Å²) in [5.74, 6) is 0.119. The second-order valence-corrected chi connectivity index (χ2v) is 4.16. The Balaban J connectivity index is 2.66. The number of ether oxygens (including phenoxy) is 2. The first kappa shape index (κ1) is 13.8. The van der Waals surface area contributed by atoms with E-state index in [4.69, 9.17) is 4.74 Å². The number of aromatic hydroxyl groups is 1. The molecule has 6 heteroatoms. The van der Waals surface area contributed by atoms with E-state index < -0.39 is 0 Å². The van der Waals surface area contributed by atoms with Crippen LogP contribution in [0.3, 0.4) is 0 Å². The number of nitrogens with one attached hydrogen (secondary N) is 1. The van der Waals surface area contributed by atoms with Gasteiger partial charge in [0.2, 0.25) is 0 Å². The van der Waals surface area contributed by atoms with Crippen LogP contribution in [0.15, 0.2) is 16.6 Å². The molecule has 0 aliphatic carbocycles. The van der Waals surface area contributed by atoms with Gasteiger partial charge in [-0.05, 0) is 33.6 Å².